The second-order valence-electron chi connectivity index (χ2n) is 6.81. The summed E-state index contributed by atoms with van der Waals surface area (Å²) in [6.45, 7) is 4.32. The highest BCUT2D eigenvalue weighted by molar-refractivity contribution is 5.51. The Hall–Kier alpha value is -3.13. The summed E-state index contributed by atoms with van der Waals surface area (Å²) in [6, 6.07) is 32.3. The lowest BCUT2D eigenvalue weighted by atomic mass is 9.76. The molecule has 0 amide bonds. The van der Waals surface area contributed by atoms with Gasteiger partial charge in [-0.3, -0.25) is 0 Å². The van der Waals surface area contributed by atoms with Gasteiger partial charge in [0.2, 0.25) is 0 Å². The van der Waals surface area contributed by atoms with Crippen LogP contribution in [0.5, 0.6) is 0 Å². The van der Waals surface area contributed by atoms with Crippen LogP contribution in [0, 0.1) is 6.92 Å². The summed E-state index contributed by atoms with van der Waals surface area (Å²) in [6.07, 6.45) is 2.87. The smallest absolute Gasteiger partial charge is 0.122 e. The molecule has 27 heavy (non-hydrogen) atoms. The molecule has 1 aromatic heterocycles. The number of hydrogen-bond donors (Lipinski definition) is 0. The van der Waals surface area contributed by atoms with Crippen LogP contribution in [0.25, 0.3) is 0 Å². The van der Waals surface area contributed by atoms with E-state index in [1.54, 1.807) is 0 Å². The van der Waals surface area contributed by atoms with Crippen LogP contribution in [0.15, 0.2) is 97.2 Å². The molecular formula is C25H24N2. The minimum atomic E-state index is -0.463. The van der Waals surface area contributed by atoms with Gasteiger partial charge in [0, 0.05) is 18.3 Å². The maximum Gasteiger partial charge on any atom is 0.122 e. The topological polar surface area (TPSA) is 17.8 Å². The van der Waals surface area contributed by atoms with Crippen molar-refractivity contribution in [3.05, 3.63) is 125 Å². The van der Waals surface area contributed by atoms with Gasteiger partial charge >= 0.3 is 0 Å². The average molecular weight is 352 g/mol. The van der Waals surface area contributed by atoms with Gasteiger partial charge in [0.1, 0.15) is 11.4 Å². The molecule has 134 valence electrons. The second-order valence-corrected chi connectivity index (χ2v) is 6.81. The highest BCUT2D eigenvalue weighted by Gasteiger charge is 2.40. The Bertz CT molecular complexity index is 905. The molecule has 1 heterocycles. The molecule has 0 spiro atoms. The number of aromatic nitrogens is 2. The molecule has 0 aliphatic rings. The van der Waals surface area contributed by atoms with E-state index in [2.05, 4.69) is 109 Å². The van der Waals surface area contributed by atoms with Crippen LogP contribution in [-0.4, -0.2) is 9.55 Å². The van der Waals surface area contributed by atoms with E-state index in [9.17, 15) is 0 Å². The summed E-state index contributed by atoms with van der Waals surface area (Å²) in [7, 11) is 0. The van der Waals surface area contributed by atoms with Crippen LogP contribution in [0.2, 0.25) is 0 Å². The van der Waals surface area contributed by atoms with Gasteiger partial charge in [0.05, 0.1) is 0 Å². The maximum atomic E-state index is 4.74. The summed E-state index contributed by atoms with van der Waals surface area (Å²) >= 11 is 0. The maximum absolute atomic E-state index is 4.74. The molecule has 3 aromatic carbocycles. The predicted molar refractivity (Wildman–Crippen MR) is 111 cm³/mol. The molecule has 0 atom stereocenters. The van der Waals surface area contributed by atoms with Crippen molar-refractivity contribution in [1.82, 2.24) is 9.55 Å². The molecule has 0 radical (unpaired) electrons. The third-order valence-corrected chi connectivity index (χ3v) is 5.24. The number of aryl methyl sites for hydroxylation is 2. The highest BCUT2D eigenvalue weighted by atomic mass is 15.1. The lowest BCUT2D eigenvalue weighted by Gasteiger charge is -2.39. The van der Waals surface area contributed by atoms with Gasteiger partial charge in [-0.2, -0.15) is 0 Å². The van der Waals surface area contributed by atoms with Crippen molar-refractivity contribution in [2.24, 2.45) is 0 Å². The van der Waals surface area contributed by atoms with Crippen molar-refractivity contribution in [2.45, 2.75) is 25.8 Å². The summed E-state index contributed by atoms with van der Waals surface area (Å²) in [5, 5.41) is 0. The predicted octanol–water partition coefficient (Wildman–Crippen LogP) is 5.59. The summed E-state index contributed by atoms with van der Waals surface area (Å²) in [5.41, 5.74) is 4.40. The van der Waals surface area contributed by atoms with Gasteiger partial charge in [-0.15, -0.1) is 0 Å². The molecule has 4 rings (SSSR count). The summed E-state index contributed by atoms with van der Waals surface area (Å²) < 4.78 is 2.41. The summed E-state index contributed by atoms with van der Waals surface area (Å²) in [5.74, 6) is 1.09. The van der Waals surface area contributed by atoms with Gasteiger partial charge < -0.3 is 4.57 Å². The Kier molecular flexibility index (Phi) is 4.64. The first-order chi connectivity index (χ1) is 13.3. The van der Waals surface area contributed by atoms with Crippen molar-refractivity contribution < 1.29 is 0 Å². The van der Waals surface area contributed by atoms with E-state index >= 15 is 0 Å². The lowest BCUT2D eigenvalue weighted by molar-refractivity contribution is 0.484. The molecule has 0 saturated carbocycles. The van der Waals surface area contributed by atoms with Crippen molar-refractivity contribution >= 4 is 0 Å². The van der Waals surface area contributed by atoms with Crippen molar-refractivity contribution in [2.75, 3.05) is 0 Å². The fourth-order valence-corrected chi connectivity index (χ4v) is 4.12. The first-order valence-electron chi connectivity index (χ1n) is 9.48. The Morgan fingerprint density at radius 1 is 0.704 bits per heavy atom. The minimum absolute atomic E-state index is 0.463. The van der Waals surface area contributed by atoms with Gasteiger partial charge in [-0.1, -0.05) is 97.9 Å². The third-order valence-electron chi connectivity index (χ3n) is 5.24. The quantitative estimate of drug-likeness (QED) is 0.428. The molecule has 0 bridgehead atoms. The number of benzene rings is 3. The molecular weight excluding hydrogens is 328 g/mol. The molecule has 0 aliphatic heterocycles. The van der Waals surface area contributed by atoms with Crippen LogP contribution in [0.3, 0.4) is 0 Å². The molecule has 2 nitrogen and oxygen atoms in total. The number of nitrogens with zero attached hydrogens (tertiary/aromatic N) is 2. The molecule has 4 aromatic rings. The second kappa shape index (κ2) is 7.24. The minimum Gasteiger partial charge on any atom is -0.314 e. The Morgan fingerprint density at radius 2 is 1.11 bits per heavy atom. The van der Waals surface area contributed by atoms with Crippen LogP contribution in [0.1, 0.15) is 35.1 Å². The van der Waals surface area contributed by atoms with E-state index in [1.165, 1.54) is 16.7 Å². The number of rotatable bonds is 5. The normalized spacial score (nSPS) is 11.5. The van der Waals surface area contributed by atoms with Gasteiger partial charge in [0.25, 0.3) is 0 Å². The zero-order valence-corrected chi connectivity index (χ0v) is 15.8. The Labute approximate surface area is 161 Å². The standard InChI is InChI=1S/C25H24N2/c1-3-24-26-19-20(2)27(24)25(21-13-7-4-8-14-21,22-15-9-5-10-16-22)23-17-11-6-12-18-23/h4-19H,3H2,1-2H3. The first-order valence-corrected chi connectivity index (χ1v) is 9.48. The van der Waals surface area contributed by atoms with Crippen molar-refractivity contribution in [3.63, 3.8) is 0 Å². The fourth-order valence-electron chi connectivity index (χ4n) is 4.12. The van der Waals surface area contributed by atoms with E-state index in [1.807, 2.05) is 6.20 Å². The van der Waals surface area contributed by atoms with E-state index in [0.29, 0.717) is 0 Å². The molecule has 2 heteroatoms. The zero-order valence-electron chi connectivity index (χ0n) is 15.8. The van der Waals surface area contributed by atoms with E-state index in [4.69, 9.17) is 4.98 Å². The first kappa shape index (κ1) is 17.3. The molecule has 0 unspecified atom stereocenters. The van der Waals surface area contributed by atoms with E-state index in [-0.39, 0.29) is 0 Å². The van der Waals surface area contributed by atoms with Crippen LogP contribution >= 0.6 is 0 Å². The molecule has 0 aliphatic carbocycles. The highest BCUT2D eigenvalue weighted by Crippen LogP contribution is 2.42. The van der Waals surface area contributed by atoms with E-state index in [0.717, 1.165) is 17.9 Å². The third kappa shape index (κ3) is 2.78. The van der Waals surface area contributed by atoms with Crippen molar-refractivity contribution in [1.29, 1.82) is 0 Å². The largest absolute Gasteiger partial charge is 0.314 e. The van der Waals surface area contributed by atoms with E-state index < -0.39 is 5.54 Å². The molecule has 0 N–H and O–H groups in total. The van der Waals surface area contributed by atoms with Crippen LogP contribution < -0.4 is 0 Å². The lowest BCUT2D eigenvalue weighted by Crippen LogP contribution is -2.39. The number of hydrogen-bond acceptors (Lipinski definition) is 1. The average Bonchev–Trinajstić information content (AvgIpc) is 3.12. The van der Waals surface area contributed by atoms with Gasteiger partial charge in [-0.05, 0) is 23.6 Å². The summed E-state index contributed by atoms with van der Waals surface area (Å²) in [4.78, 5) is 4.74. The van der Waals surface area contributed by atoms with Gasteiger partial charge in [0.15, 0.2) is 0 Å². The molecule has 0 saturated heterocycles. The Morgan fingerprint density at radius 3 is 1.48 bits per heavy atom. The monoisotopic (exact) mass is 352 g/mol. The fraction of sp³-hybridized carbons (Fsp3) is 0.160. The van der Waals surface area contributed by atoms with Crippen LogP contribution in [0.4, 0.5) is 0 Å². The Balaban J connectivity index is 2.19. The zero-order chi connectivity index (χ0) is 18.7. The SMILES string of the molecule is CCc1ncc(C)n1C(c1ccccc1)(c1ccccc1)c1ccccc1. The molecule has 0 fully saturated rings. The van der Waals surface area contributed by atoms with Crippen LogP contribution in [-0.2, 0) is 12.0 Å². The number of imidazole rings is 1. The van der Waals surface area contributed by atoms with Gasteiger partial charge in [-0.25, -0.2) is 4.98 Å². The van der Waals surface area contributed by atoms with Crippen molar-refractivity contribution in [3.8, 4) is 0 Å².